The molecule has 1 aliphatic carbocycles. The van der Waals surface area contributed by atoms with Crippen LogP contribution in [0.4, 0.5) is 0 Å². The van der Waals surface area contributed by atoms with Gasteiger partial charge < -0.3 is 4.52 Å². The Hall–Kier alpha value is -2.44. The highest BCUT2D eigenvalue weighted by Crippen LogP contribution is 2.53. The van der Waals surface area contributed by atoms with Crippen LogP contribution in [0.25, 0.3) is 22.4 Å². The number of nitrogens with zero attached hydrogens (tertiary/aromatic N) is 1. The summed E-state index contributed by atoms with van der Waals surface area (Å²) in [7, 11) is -3.51. The lowest BCUT2D eigenvalue weighted by Crippen LogP contribution is -2.18. The summed E-state index contributed by atoms with van der Waals surface area (Å²) < 4.78 is 33.9. The van der Waals surface area contributed by atoms with Crippen molar-refractivity contribution in [1.29, 1.82) is 0 Å². The van der Waals surface area contributed by atoms with Crippen molar-refractivity contribution < 1.29 is 17.1 Å². The molecule has 0 N–H and O–H groups in total. The standard InChI is InChI=1S/C21H21NO4S/c1-15-8-10-17(11-9-15)19-18(16-6-4-3-5-7-16)20(26-22-19)21(12-13-21)14-25-27(2,23)24/h3-11H,12-14H2,1-2H3. The molecule has 140 valence electrons. The van der Waals surface area contributed by atoms with Crippen molar-refractivity contribution >= 4 is 10.1 Å². The maximum atomic E-state index is 11.5. The van der Waals surface area contributed by atoms with Crippen LogP contribution in [0.1, 0.15) is 24.2 Å². The van der Waals surface area contributed by atoms with E-state index in [1.807, 2.05) is 61.5 Å². The third-order valence-corrected chi connectivity index (χ3v) is 5.51. The van der Waals surface area contributed by atoms with Gasteiger partial charge in [-0.2, -0.15) is 8.42 Å². The quantitative estimate of drug-likeness (QED) is 0.593. The molecule has 1 heterocycles. The summed E-state index contributed by atoms with van der Waals surface area (Å²) in [5.74, 6) is 0.702. The molecule has 0 atom stereocenters. The molecule has 0 unspecified atom stereocenters. The molecule has 0 aliphatic heterocycles. The largest absolute Gasteiger partial charge is 0.359 e. The number of rotatable bonds is 6. The number of aryl methyl sites for hydroxylation is 1. The number of hydrogen-bond donors (Lipinski definition) is 0. The molecule has 0 radical (unpaired) electrons. The highest BCUT2D eigenvalue weighted by Gasteiger charge is 2.51. The molecule has 6 heteroatoms. The predicted molar refractivity (Wildman–Crippen MR) is 104 cm³/mol. The second-order valence-corrected chi connectivity index (χ2v) is 8.86. The van der Waals surface area contributed by atoms with Gasteiger partial charge in [-0.1, -0.05) is 65.3 Å². The minimum absolute atomic E-state index is 0.0776. The zero-order chi connectivity index (χ0) is 19.1. The number of aromatic nitrogens is 1. The molecule has 1 fully saturated rings. The summed E-state index contributed by atoms with van der Waals surface area (Å²) in [4.78, 5) is 0. The van der Waals surface area contributed by atoms with E-state index in [2.05, 4.69) is 5.16 Å². The van der Waals surface area contributed by atoms with Gasteiger partial charge in [0.2, 0.25) is 0 Å². The van der Waals surface area contributed by atoms with Crippen LogP contribution >= 0.6 is 0 Å². The van der Waals surface area contributed by atoms with Crippen molar-refractivity contribution in [3.8, 4) is 22.4 Å². The fraction of sp³-hybridized carbons (Fsp3) is 0.286. The lowest BCUT2D eigenvalue weighted by molar-refractivity contribution is 0.251. The van der Waals surface area contributed by atoms with Gasteiger partial charge in [0, 0.05) is 5.56 Å². The fourth-order valence-corrected chi connectivity index (χ4v) is 3.68. The van der Waals surface area contributed by atoms with Gasteiger partial charge in [-0.15, -0.1) is 0 Å². The molecule has 4 rings (SSSR count). The first-order valence-electron chi connectivity index (χ1n) is 8.85. The molecule has 27 heavy (non-hydrogen) atoms. The van der Waals surface area contributed by atoms with Crippen LogP contribution in [0, 0.1) is 6.92 Å². The molecular formula is C21H21NO4S. The molecular weight excluding hydrogens is 362 g/mol. The molecule has 0 spiro atoms. The Kier molecular flexibility index (Phi) is 4.40. The molecule has 3 aromatic rings. The Balaban J connectivity index is 1.82. The summed E-state index contributed by atoms with van der Waals surface area (Å²) in [5.41, 5.74) is 4.37. The predicted octanol–water partition coefficient (Wildman–Crippen LogP) is 4.32. The first-order valence-corrected chi connectivity index (χ1v) is 10.7. The number of hydrogen-bond acceptors (Lipinski definition) is 5. The Bertz CT molecular complexity index is 1050. The monoisotopic (exact) mass is 383 g/mol. The Morgan fingerprint density at radius 3 is 2.30 bits per heavy atom. The molecule has 1 aliphatic rings. The molecule has 1 aromatic heterocycles. The van der Waals surface area contributed by atoms with E-state index in [0.29, 0.717) is 5.76 Å². The van der Waals surface area contributed by atoms with Gasteiger partial charge in [0.1, 0.15) is 5.69 Å². The van der Waals surface area contributed by atoms with E-state index in [4.69, 9.17) is 8.71 Å². The van der Waals surface area contributed by atoms with E-state index >= 15 is 0 Å². The Morgan fingerprint density at radius 2 is 1.70 bits per heavy atom. The molecule has 1 saturated carbocycles. The number of benzene rings is 2. The lowest BCUT2D eigenvalue weighted by Gasteiger charge is -2.14. The SMILES string of the molecule is Cc1ccc(-c2noc(C3(COS(C)(=O)=O)CC3)c2-c2ccccc2)cc1. The van der Waals surface area contributed by atoms with E-state index in [-0.39, 0.29) is 6.61 Å². The van der Waals surface area contributed by atoms with E-state index in [0.717, 1.165) is 41.5 Å². The van der Waals surface area contributed by atoms with Crippen molar-refractivity contribution in [3.63, 3.8) is 0 Å². The summed E-state index contributed by atoms with van der Waals surface area (Å²) in [6.45, 7) is 2.12. The first-order chi connectivity index (χ1) is 12.9. The topological polar surface area (TPSA) is 69.4 Å². The second kappa shape index (κ2) is 6.62. The molecule has 0 saturated heterocycles. The molecule has 0 amide bonds. The fourth-order valence-electron chi connectivity index (χ4n) is 3.24. The van der Waals surface area contributed by atoms with Gasteiger partial charge in [0.05, 0.1) is 23.8 Å². The third-order valence-electron chi connectivity index (χ3n) is 4.96. The Morgan fingerprint density at radius 1 is 1.04 bits per heavy atom. The van der Waals surface area contributed by atoms with Crippen LogP contribution in [0.5, 0.6) is 0 Å². The van der Waals surface area contributed by atoms with Crippen LogP contribution in [-0.4, -0.2) is 26.4 Å². The van der Waals surface area contributed by atoms with Crippen molar-refractivity contribution in [3.05, 3.63) is 65.9 Å². The second-order valence-electron chi connectivity index (χ2n) is 7.21. The van der Waals surface area contributed by atoms with E-state index in [1.54, 1.807) is 0 Å². The molecule has 5 nitrogen and oxygen atoms in total. The van der Waals surface area contributed by atoms with E-state index < -0.39 is 15.5 Å². The first kappa shape index (κ1) is 17.9. The van der Waals surface area contributed by atoms with Crippen LogP contribution in [-0.2, 0) is 19.7 Å². The van der Waals surface area contributed by atoms with Crippen LogP contribution < -0.4 is 0 Å². The van der Waals surface area contributed by atoms with E-state index in [1.165, 1.54) is 5.56 Å². The third kappa shape index (κ3) is 3.68. The molecule has 0 bridgehead atoms. The summed E-state index contributed by atoms with van der Waals surface area (Å²) in [6.07, 6.45) is 2.69. The van der Waals surface area contributed by atoms with Crippen molar-refractivity contribution in [2.45, 2.75) is 25.2 Å². The highest BCUT2D eigenvalue weighted by molar-refractivity contribution is 7.85. The summed E-state index contributed by atoms with van der Waals surface area (Å²) in [6, 6.07) is 18.1. The van der Waals surface area contributed by atoms with Gasteiger partial charge in [-0.05, 0) is 25.3 Å². The minimum Gasteiger partial charge on any atom is -0.359 e. The maximum absolute atomic E-state index is 11.5. The van der Waals surface area contributed by atoms with Gasteiger partial charge in [-0.3, -0.25) is 4.18 Å². The smallest absolute Gasteiger partial charge is 0.264 e. The van der Waals surface area contributed by atoms with Crippen molar-refractivity contribution in [2.75, 3.05) is 12.9 Å². The summed E-state index contributed by atoms with van der Waals surface area (Å²) in [5, 5.41) is 4.36. The zero-order valence-electron chi connectivity index (χ0n) is 15.3. The van der Waals surface area contributed by atoms with Gasteiger partial charge >= 0.3 is 0 Å². The van der Waals surface area contributed by atoms with Gasteiger partial charge in [-0.25, -0.2) is 0 Å². The molecule has 2 aromatic carbocycles. The highest BCUT2D eigenvalue weighted by atomic mass is 32.2. The van der Waals surface area contributed by atoms with Crippen LogP contribution in [0.2, 0.25) is 0 Å². The van der Waals surface area contributed by atoms with Gasteiger partial charge in [0.25, 0.3) is 10.1 Å². The van der Waals surface area contributed by atoms with Crippen LogP contribution in [0.15, 0.2) is 59.1 Å². The van der Waals surface area contributed by atoms with E-state index in [9.17, 15) is 8.42 Å². The Labute approximate surface area is 159 Å². The van der Waals surface area contributed by atoms with Gasteiger partial charge in [0.15, 0.2) is 5.76 Å². The summed E-state index contributed by atoms with van der Waals surface area (Å²) >= 11 is 0. The average Bonchev–Trinajstić information content (AvgIpc) is 3.31. The zero-order valence-corrected chi connectivity index (χ0v) is 16.1. The average molecular weight is 383 g/mol. The van der Waals surface area contributed by atoms with Crippen LogP contribution in [0.3, 0.4) is 0 Å². The van der Waals surface area contributed by atoms with Crippen molar-refractivity contribution in [2.24, 2.45) is 0 Å². The van der Waals surface area contributed by atoms with Crippen molar-refractivity contribution in [1.82, 2.24) is 5.16 Å². The normalized spacial score (nSPS) is 15.6. The maximum Gasteiger partial charge on any atom is 0.264 e. The minimum atomic E-state index is -3.51. The lowest BCUT2D eigenvalue weighted by atomic mass is 9.92.